The quantitative estimate of drug-likeness (QED) is 0.745. The van der Waals surface area contributed by atoms with Gasteiger partial charge in [0.2, 0.25) is 0 Å². The van der Waals surface area contributed by atoms with E-state index in [-0.39, 0.29) is 5.41 Å². The molecule has 98 valence electrons. The molecule has 1 aromatic rings. The number of hydrogen-bond acceptors (Lipinski definition) is 1. The Morgan fingerprint density at radius 2 is 1.78 bits per heavy atom. The fourth-order valence-electron chi connectivity index (χ4n) is 3.12. The van der Waals surface area contributed by atoms with Gasteiger partial charge in [-0.1, -0.05) is 57.0 Å². The fraction of sp³-hybridized carbons (Fsp3) is 0.588. The minimum atomic E-state index is -0.157. The van der Waals surface area contributed by atoms with Crippen LogP contribution in [0, 0.1) is 5.92 Å². The molecule has 0 unspecified atom stereocenters. The van der Waals surface area contributed by atoms with Gasteiger partial charge in [0.05, 0.1) is 5.41 Å². The molecule has 0 bridgehead atoms. The van der Waals surface area contributed by atoms with Crippen LogP contribution >= 0.6 is 0 Å². The lowest BCUT2D eigenvalue weighted by Crippen LogP contribution is -2.33. The zero-order valence-corrected chi connectivity index (χ0v) is 11.6. The molecule has 1 fully saturated rings. The molecule has 1 nitrogen and oxygen atoms in total. The third-order valence-electron chi connectivity index (χ3n) is 4.27. The van der Waals surface area contributed by atoms with E-state index < -0.39 is 0 Å². The maximum Gasteiger partial charge on any atom is 0.143 e. The first-order chi connectivity index (χ1) is 8.65. The average molecular weight is 244 g/mol. The number of Topliss-reactive ketones (excluding diaryl/α,β-unsaturated/α-hetero) is 1. The molecule has 0 N–H and O–H groups in total. The summed E-state index contributed by atoms with van der Waals surface area (Å²) in [6.07, 6.45) is 6.26. The van der Waals surface area contributed by atoms with Crippen molar-refractivity contribution < 1.29 is 4.79 Å². The van der Waals surface area contributed by atoms with Crippen molar-refractivity contribution in [2.75, 3.05) is 0 Å². The number of rotatable bonds is 5. The molecule has 0 aliphatic heterocycles. The zero-order chi connectivity index (χ0) is 13.0. The van der Waals surface area contributed by atoms with Crippen LogP contribution in [0.15, 0.2) is 30.3 Å². The lowest BCUT2D eigenvalue weighted by Gasteiger charge is -2.28. The Balaban J connectivity index is 2.19. The first-order valence-electron chi connectivity index (χ1n) is 7.24. The maximum atomic E-state index is 12.7. The normalized spacial score (nSPS) is 18.2. The Morgan fingerprint density at radius 3 is 2.33 bits per heavy atom. The number of carbonyl (C=O) groups is 1. The van der Waals surface area contributed by atoms with Crippen LogP contribution < -0.4 is 0 Å². The molecule has 0 saturated heterocycles. The Kier molecular flexibility index (Phi) is 4.21. The molecule has 0 heterocycles. The second kappa shape index (κ2) is 5.69. The number of ketones is 1. The second-order valence-electron chi connectivity index (χ2n) is 6.01. The Labute approximate surface area is 111 Å². The third-order valence-corrected chi connectivity index (χ3v) is 4.27. The van der Waals surface area contributed by atoms with Crippen molar-refractivity contribution in [3.8, 4) is 0 Å². The van der Waals surface area contributed by atoms with Crippen molar-refractivity contribution in [2.45, 2.75) is 57.8 Å². The summed E-state index contributed by atoms with van der Waals surface area (Å²) in [6.45, 7) is 4.38. The molecule has 2 rings (SSSR count). The lowest BCUT2D eigenvalue weighted by atomic mass is 9.73. The van der Waals surface area contributed by atoms with E-state index in [9.17, 15) is 4.79 Å². The van der Waals surface area contributed by atoms with E-state index in [1.54, 1.807) is 0 Å². The van der Waals surface area contributed by atoms with E-state index >= 15 is 0 Å². The monoisotopic (exact) mass is 244 g/mol. The van der Waals surface area contributed by atoms with Crippen LogP contribution in [0.4, 0.5) is 0 Å². The van der Waals surface area contributed by atoms with Gasteiger partial charge >= 0.3 is 0 Å². The Morgan fingerprint density at radius 1 is 1.17 bits per heavy atom. The minimum Gasteiger partial charge on any atom is -0.299 e. The van der Waals surface area contributed by atoms with E-state index in [0.717, 1.165) is 25.7 Å². The molecule has 1 aromatic carbocycles. The number of carbonyl (C=O) groups excluding carboxylic acids is 1. The van der Waals surface area contributed by atoms with Crippen molar-refractivity contribution in [3.63, 3.8) is 0 Å². The summed E-state index contributed by atoms with van der Waals surface area (Å²) in [5, 5.41) is 0. The van der Waals surface area contributed by atoms with Crippen LogP contribution in [0.5, 0.6) is 0 Å². The molecule has 0 aromatic heterocycles. The standard InChI is InChI=1S/C17H24O/c1-14(2)10-11-16(18)17(12-6-7-13-17)15-8-4-3-5-9-15/h3-5,8-9,14H,6-7,10-13H2,1-2H3. The van der Waals surface area contributed by atoms with Crippen molar-refractivity contribution in [1.29, 1.82) is 0 Å². The van der Waals surface area contributed by atoms with E-state index in [0.29, 0.717) is 11.7 Å². The Bertz CT molecular complexity index is 385. The van der Waals surface area contributed by atoms with Gasteiger partial charge in [-0.25, -0.2) is 0 Å². The van der Waals surface area contributed by atoms with Crippen LogP contribution in [-0.4, -0.2) is 5.78 Å². The minimum absolute atomic E-state index is 0.157. The van der Waals surface area contributed by atoms with Gasteiger partial charge in [-0.2, -0.15) is 0 Å². The molecular formula is C17H24O. The molecule has 1 aliphatic carbocycles. The summed E-state index contributed by atoms with van der Waals surface area (Å²) >= 11 is 0. The summed E-state index contributed by atoms with van der Waals surface area (Å²) in [5.74, 6) is 1.09. The molecule has 0 radical (unpaired) electrons. The molecule has 1 heteroatoms. The Hall–Kier alpha value is -1.11. The second-order valence-corrected chi connectivity index (χ2v) is 6.01. The first kappa shape index (κ1) is 13.3. The summed E-state index contributed by atoms with van der Waals surface area (Å²) in [4.78, 5) is 12.7. The van der Waals surface area contributed by atoms with Gasteiger partial charge in [0.25, 0.3) is 0 Å². The number of benzene rings is 1. The van der Waals surface area contributed by atoms with Gasteiger partial charge < -0.3 is 0 Å². The van der Waals surface area contributed by atoms with Crippen LogP contribution in [0.25, 0.3) is 0 Å². The van der Waals surface area contributed by atoms with Gasteiger partial charge in [-0.05, 0) is 30.7 Å². The molecular weight excluding hydrogens is 220 g/mol. The topological polar surface area (TPSA) is 17.1 Å². The smallest absolute Gasteiger partial charge is 0.143 e. The summed E-state index contributed by atoms with van der Waals surface area (Å²) < 4.78 is 0. The van der Waals surface area contributed by atoms with Crippen molar-refractivity contribution in [2.24, 2.45) is 5.92 Å². The van der Waals surface area contributed by atoms with Gasteiger partial charge in [0.1, 0.15) is 5.78 Å². The van der Waals surface area contributed by atoms with Crippen molar-refractivity contribution in [3.05, 3.63) is 35.9 Å². The van der Waals surface area contributed by atoms with Gasteiger partial charge in [0.15, 0.2) is 0 Å². The fourth-order valence-corrected chi connectivity index (χ4v) is 3.12. The predicted molar refractivity (Wildman–Crippen MR) is 75.7 cm³/mol. The molecule has 0 amide bonds. The third kappa shape index (κ3) is 2.66. The molecule has 18 heavy (non-hydrogen) atoms. The highest BCUT2D eigenvalue weighted by atomic mass is 16.1. The van der Waals surface area contributed by atoms with E-state index in [2.05, 4.69) is 38.1 Å². The first-order valence-corrected chi connectivity index (χ1v) is 7.24. The highest BCUT2D eigenvalue weighted by molar-refractivity contribution is 5.90. The zero-order valence-electron chi connectivity index (χ0n) is 11.6. The molecule has 1 aliphatic rings. The van der Waals surface area contributed by atoms with Crippen LogP contribution in [-0.2, 0) is 10.2 Å². The highest BCUT2D eigenvalue weighted by Crippen LogP contribution is 2.42. The largest absolute Gasteiger partial charge is 0.299 e. The van der Waals surface area contributed by atoms with Crippen LogP contribution in [0.3, 0.4) is 0 Å². The van der Waals surface area contributed by atoms with E-state index in [1.807, 2.05) is 6.07 Å². The van der Waals surface area contributed by atoms with Crippen molar-refractivity contribution in [1.82, 2.24) is 0 Å². The van der Waals surface area contributed by atoms with E-state index in [4.69, 9.17) is 0 Å². The summed E-state index contributed by atoms with van der Waals surface area (Å²) in [6, 6.07) is 10.4. The van der Waals surface area contributed by atoms with Gasteiger partial charge in [0, 0.05) is 6.42 Å². The summed E-state index contributed by atoms with van der Waals surface area (Å²) in [7, 11) is 0. The molecule has 0 spiro atoms. The summed E-state index contributed by atoms with van der Waals surface area (Å²) in [5.41, 5.74) is 1.09. The van der Waals surface area contributed by atoms with Crippen LogP contribution in [0.2, 0.25) is 0 Å². The average Bonchev–Trinajstić information content (AvgIpc) is 2.87. The van der Waals surface area contributed by atoms with Gasteiger partial charge in [-0.3, -0.25) is 4.79 Å². The number of hydrogen-bond donors (Lipinski definition) is 0. The highest BCUT2D eigenvalue weighted by Gasteiger charge is 2.41. The van der Waals surface area contributed by atoms with E-state index in [1.165, 1.54) is 18.4 Å². The lowest BCUT2D eigenvalue weighted by molar-refractivity contribution is -0.124. The predicted octanol–water partition coefficient (Wildman–Crippen LogP) is 4.50. The SMILES string of the molecule is CC(C)CCC(=O)C1(c2ccccc2)CCCC1. The molecule has 1 saturated carbocycles. The maximum absolute atomic E-state index is 12.7. The molecule has 0 atom stereocenters. The van der Waals surface area contributed by atoms with Crippen LogP contribution in [0.1, 0.15) is 57.9 Å². The van der Waals surface area contributed by atoms with Crippen molar-refractivity contribution >= 4 is 5.78 Å². The van der Waals surface area contributed by atoms with Gasteiger partial charge in [-0.15, -0.1) is 0 Å².